The number of hydrogen-bond acceptors (Lipinski definition) is 3. The predicted molar refractivity (Wildman–Crippen MR) is 64.4 cm³/mol. The molecule has 1 aliphatic rings. The summed E-state index contributed by atoms with van der Waals surface area (Å²) in [6.07, 6.45) is 4.40. The molecule has 0 heterocycles. The van der Waals surface area contributed by atoms with Crippen LogP contribution in [0.5, 0.6) is 0 Å². The standard InChI is InChI=1S/C12H18N2O4/c1-7(6-10(13)15)14-11(16)8-4-2-3-5-9(8)12(17)18/h2-3,7-9H,4-6H2,1H3,(H2,13,15)(H,14,16)(H,17,18). The fourth-order valence-corrected chi connectivity index (χ4v) is 2.08. The Hall–Kier alpha value is -1.85. The van der Waals surface area contributed by atoms with E-state index < -0.39 is 23.7 Å². The van der Waals surface area contributed by atoms with Crippen LogP contribution in [0.3, 0.4) is 0 Å². The molecular formula is C12H18N2O4. The lowest BCUT2D eigenvalue weighted by Gasteiger charge is -2.25. The maximum absolute atomic E-state index is 11.9. The van der Waals surface area contributed by atoms with Crippen molar-refractivity contribution in [3.63, 3.8) is 0 Å². The van der Waals surface area contributed by atoms with Gasteiger partial charge in [-0.05, 0) is 19.8 Å². The molecule has 0 bridgehead atoms. The molecule has 100 valence electrons. The number of carboxylic acid groups (broad SMARTS) is 1. The van der Waals surface area contributed by atoms with Gasteiger partial charge in [-0.25, -0.2) is 0 Å². The molecule has 0 saturated heterocycles. The van der Waals surface area contributed by atoms with Gasteiger partial charge in [0.05, 0.1) is 11.8 Å². The first-order valence-electron chi connectivity index (χ1n) is 5.88. The number of primary amides is 1. The van der Waals surface area contributed by atoms with E-state index in [1.807, 2.05) is 6.08 Å². The number of amides is 2. The zero-order valence-corrected chi connectivity index (χ0v) is 10.3. The van der Waals surface area contributed by atoms with Gasteiger partial charge in [0.25, 0.3) is 0 Å². The quantitative estimate of drug-likeness (QED) is 0.601. The molecule has 0 radical (unpaired) electrons. The Morgan fingerprint density at radius 1 is 1.33 bits per heavy atom. The first-order valence-corrected chi connectivity index (χ1v) is 5.88. The van der Waals surface area contributed by atoms with E-state index in [0.717, 1.165) is 0 Å². The molecule has 0 saturated carbocycles. The highest BCUT2D eigenvalue weighted by atomic mass is 16.4. The van der Waals surface area contributed by atoms with Crippen molar-refractivity contribution in [2.24, 2.45) is 17.6 Å². The van der Waals surface area contributed by atoms with Crippen LogP contribution in [0.2, 0.25) is 0 Å². The largest absolute Gasteiger partial charge is 0.481 e. The molecule has 1 rings (SSSR count). The van der Waals surface area contributed by atoms with Crippen molar-refractivity contribution in [1.82, 2.24) is 5.32 Å². The van der Waals surface area contributed by atoms with Gasteiger partial charge in [0, 0.05) is 12.5 Å². The first kappa shape index (κ1) is 14.2. The van der Waals surface area contributed by atoms with Gasteiger partial charge in [-0.3, -0.25) is 14.4 Å². The summed E-state index contributed by atoms with van der Waals surface area (Å²) in [5.41, 5.74) is 5.03. The van der Waals surface area contributed by atoms with Crippen molar-refractivity contribution >= 4 is 17.8 Å². The zero-order chi connectivity index (χ0) is 13.7. The van der Waals surface area contributed by atoms with Crippen molar-refractivity contribution in [3.8, 4) is 0 Å². The Bertz CT molecular complexity index is 378. The molecular weight excluding hydrogens is 236 g/mol. The van der Waals surface area contributed by atoms with Crippen LogP contribution in [0, 0.1) is 11.8 Å². The summed E-state index contributed by atoms with van der Waals surface area (Å²) >= 11 is 0. The Kier molecular flexibility index (Phi) is 4.88. The second-order valence-corrected chi connectivity index (χ2v) is 4.57. The molecule has 3 unspecified atom stereocenters. The van der Waals surface area contributed by atoms with E-state index in [4.69, 9.17) is 10.8 Å². The van der Waals surface area contributed by atoms with Crippen LogP contribution in [0.1, 0.15) is 26.2 Å². The van der Waals surface area contributed by atoms with Crippen LogP contribution in [0.4, 0.5) is 0 Å². The second-order valence-electron chi connectivity index (χ2n) is 4.57. The lowest BCUT2D eigenvalue weighted by Crippen LogP contribution is -2.43. The maximum Gasteiger partial charge on any atom is 0.307 e. The molecule has 0 aromatic heterocycles. The minimum Gasteiger partial charge on any atom is -0.481 e. The summed E-state index contributed by atoms with van der Waals surface area (Å²) in [6.45, 7) is 1.66. The molecule has 6 nitrogen and oxygen atoms in total. The number of allylic oxidation sites excluding steroid dienone is 2. The Labute approximate surface area is 105 Å². The minimum absolute atomic E-state index is 0.0477. The number of aliphatic carboxylic acids is 1. The van der Waals surface area contributed by atoms with Crippen molar-refractivity contribution in [1.29, 1.82) is 0 Å². The summed E-state index contributed by atoms with van der Waals surface area (Å²) < 4.78 is 0. The van der Waals surface area contributed by atoms with Crippen molar-refractivity contribution in [2.75, 3.05) is 0 Å². The minimum atomic E-state index is -0.970. The van der Waals surface area contributed by atoms with Crippen LogP contribution in [0.15, 0.2) is 12.2 Å². The van der Waals surface area contributed by atoms with E-state index in [9.17, 15) is 14.4 Å². The topological polar surface area (TPSA) is 109 Å². The van der Waals surface area contributed by atoms with Gasteiger partial charge in [-0.1, -0.05) is 12.2 Å². The number of carbonyl (C=O) groups is 3. The van der Waals surface area contributed by atoms with Crippen molar-refractivity contribution in [2.45, 2.75) is 32.2 Å². The number of carbonyl (C=O) groups excluding carboxylic acids is 2. The zero-order valence-electron chi connectivity index (χ0n) is 10.3. The highest BCUT2D eigenvalue weighted by Crippen LogP contribution is 2.26. The third-order valence-corrected chi connectivity index (χ3v) is 2.98. The molecule has 2 amide bonds. The first-order chi connectivity index (χ1) is 8.41. The van der Waals surface area contributed by atoms with Crippen LogP contribution in [-0.2, 0) is 14.4 Å². The monoisotopic (exact) mass is 254 g/mol. The molecule has 0 aromatic carbocycles. The molecule has 0 aliphatic heterocycles. The second kappa shape index (κ2) is 6.18. The summed E-state index contributed by atoms with van der Waals surface area (Å²) in [5.74, 6) is -3.08. The highest BCUT2D eigenvalue weighted by Gasteiger charge is 2.34. The van der Waals surface area contributed by atoms with Gasteiger partial charge in [0.2, 0.25) is 11.8 Å². The Morgan fingerprint density at radius 2 is 1.89 bits per heavy atom. The Balaban J connectivity index is 2.61. The summed E-state index contributed by atoms with van der Waals surface area (Å²) in [7, 11) is 0. The van der Waals surface area contributed by atoms with E-state index in [-0.39, 0.29) is 18.4 Å². The number of carboxylic acids is 1. The molecule has 3 atom stereocenters. The van der Waals surface area contributed by atoms with E-state index >= 15 is 0 Å². The molecule has 0 aromatic rings. The van der Waals surface area contributed by atoms with Crippen LogP contribution < -0.4 is 11.1 Å². The van der Waals surface area contributed by atoms with Crippen LogP contribution >= 0.6 is 0 Å². The number of nitrogens with two attached hydrogens (primary N) is 1. The van der Waals surface area contributed by atoms with Gasteiger partial charge in [-0.15, -0.1) is 0 Å². The molecule has 0 fully saturated rings. The fraction of sp³-hybridized carbons (Fsp3) is 0.583. The summed E-state index contributed by atoms with van der Waals surface area (Å²) in [6, 6.07) is -0.379. The highest BCUT2D eigenvalue weighted by molar-refractivity contribution is 5.86. The third kappa shape index (κ3) is 3.87. The lowest BCUT2D eigenvalue weighted by atomic mass is 9.82. The van der Waals surface area contributed by atoms with Crippen LogP contribution in [-0.4, -0.2) is 28.9 Å². The molecule has 6 heteroatoms. The number of hydrogen-bond donors (Lipinski definition) is 3. The van der Waals surface area contributed by atoms with E-state index in [2.05, 4.69) is 5.32 Å². The predicted octanol–water partition coefficient (Wildman–Crippen LogP) is 0.0335. The van der Waals surface area contributed by atoms with Gasteiger partial charge in [0.15, 0.2) is 0 Å². The normalized spacial score (nSPS) is 24.3. The van der Waals surface area contributed by atoms with Gasteiger partial charge < -0.3 is 16.2 Å². The van der Waals surface area contributed by atoms with Crippen molar-refractivity contribution < 1.29 is 19.5 Å². The van der Waals surface area contributed by atoms with Gasteiger partial charge >= 0.3 is 5.97 Å². The SMILES string of the molecule is CC(CC(N)=O)NC(=O)C1CC=CCC1C(=O)O. The van der Waals surface area contributed by atoms with Gasteiger partial charge in [0.1, 0.15) is 0 Å². The van der Waals surface area contributed by atoms with Crippen molar-refractivity contribution in [3.05, 3.63) is 12.2 Å². The smallest absolute Gasteiger partial charge is 0.307 e. The number of nitrogens with one attached hydrogen (secondary N) is 1. The lowest BCUT2D eigenvalue weighted by molar-refractivity contribution is -0.147. The van der Waals surface area contributed by atoms with Crippen LogP contribution in [0.25, 0.3) is 0 Å². The molecule has 4 N–H and O–H groups in total. The molecule has 0 spiro atoms. The molecule has 18 heavy (non-hydrogen) atoms. The molecule has 1 aliphatic carbocycles. The maximum atomic E-state index is 11.9. The van der Waals surface area contributed by atoms with E-state index in [0.29, 0.717) is 12.8 Å². The Morgan fingerprint density at radius 3 is 2.39 bits per heavy atom. The average molecular weight is 254 g/mol. The number of rotatable bonds is 5. The van der Waals surface area contributed by atoms with E-state index in [1.165, 1.54) is 0 Å². The third-order valence-electron chi connectivity index (χ3n) is 2.98. The van der Waals surface area contributed by atoms with E-state index in [1.54, 1.807) is 13.0 Å². The summed E-state index contributed by atoms with van der Waals surface area (Å²) in [4.78, 5) is 33.7. The summed E-state index contributed by atoms with van der Waals surface area (Å²) in [5, 5.41) is 11.7. The average Bonchev–Trinajstić information content (AvgIpc) is 2.27. The van der Waals surface area contributed by atoms with Gasteiger partial charge in [-0.2, -0.15) is 0 Å². The fourth-order valence-electron chi connectivity index (χ4n) is 2.08.